The van der Waals surface area contributed by atoms with E-state index >= 15 is 0 Å². The van der Waals surface area contributed by atoms with E-state index in [0.717, 1.165) is 11.3 Å². The van der Waals surface area contributed by atoms with Gasteiger partial charge in [0.2, 0.25) is 10.0 Å². The van der Waals surface area contributed by atoms with Crippen LogP contribution in [-0.2, 0) is 21.2 Å². The molecule has 0 spiro atoms. The van der Waals surface area contributed by atoms with Gasteiger partial charge in [-0.25, -0.2) is 12.7 Å². The van der Waals surface area contributed by atoms with Crippen molar-refractivity contribution in [3.63, 3.8) is 0 Å². The van der Waals surface area contributed by atoms with Gasteiger partial charge in [-0.1, -0.05) is 6.07 Å². The molecule has 1 aliphatic heterocycles. The van der Waals surface area contributed by atoms with Crippen molar-refractivity contribution in [2.24, 2.45) is 0 Å². The topological polar surface area (TPSA) is 76.1 Å². The summed E-state index contributed by atoms with van der Waals surface area (Å²) in [5.41, 5.74) is 1.57. The fourth-order valence-corrected chi connectivity index (χ4v) is 3.88. The SMILES string of the molecule is COc1cccc(OCC(=O)N2CCc3cc(S(=O)(=O)N(C)C)ccc32)c1. The Morgan fingerprint density at radius 1 is 1.15 bits per heavy atom. The number of fused-ring (bicyclic) bond motifs is 1. The highest BCUT2D eigenvalue weighted by molar-refractivity contribution is 7.89. The number of rotatable bonds is 6. The minimum absolute atomic E-state index is 0.107. The van der Waals surface area contributed by atoms with Crippen molar-refractivity contribution in [3.05, 3.63) is 48.0 Å². The van der Waals surface area contributed by atoms with Crippen LogP contribution in [0.5, 0.6) is 11.5 Å². The maximum Gasteiger partial charge on any atom is 0.264 e. The van der Waals surface area contributed by atoms with E-state index in [2.05, 4.69) is 0 Å². The zero-order valence-corrected chi connectivity index (χ0v) is 16.3. The van der Waals surface area contributed by atoms with Crippen molar-refractivity contribution >= 4 is 21.6 Å². The second-order valence-electron chi connectivity index (χ2n) is 6.34. The summed E-state index contributed by atoms with van der Waals surface area (Å²) in [6.45, 7) is 0.394. The summed E-state index contributed by atoms with van der Waals surface area (Å²) in [5, 5.41) is 0. The molecule has 0 fully saturated rings. The van der Waals surface area contributed by atoms with Crippen LogP contribution < -0.4 is 14.4 Å². The van der Waals surface area contributed by atoms with Gasteiger partial charge in [0, 0.05) is 32.4 Å². The van der Waals surface area contributed by atoms with Crippen LogP contribution in [0.15, 0.2) is 47.4 Å². The number of carbonyl (C=O) groups excluding carboxylic acids is 1. The van der Waals surface area contributed by atoms with Crippen molar-refractivity contribution in [2.45, 2.75) is 11.3 Å². The molecule has 27 heavy (non-hydrogen) atoms. The highest BCUT2D eigenvalue weighted by Crippen LogP contribution is 2.31. The zero-order valence-electron chi connectivity index (χ0n) is 15.5. The number of benzene rings is 2. The van der Waals surface area contributed by atoms with Gasteiger partial charge in [-0.05, 0) is 42.3 Å². The van der Waals surface area contributed by atoms with E-state index < -0.39 is 10.0 Å². The molecule has 0 radical (unpaired) electrons. The Bertz CT molecular complexity index is 956. The zero-order chi connectivity index (χ0) is 19.6. The molecule has 7 nitrogen and oxygen atoms in total. The average Bonchev–Trinajstić information content (AvgIpc) is 3.09. The first kappa shape index (κ1) is 19.2. The van der Waals surface area contributed by atoms with Gasteiger partial charge >= 0.3 is 0 Å². The third-order valence-corrected chi connectivity index (χ3v) is 6.24. The van der Waals surface area contributed by atoms with Gasteiger partial charge in [0.15, 0.2) is 6.61 Å². The average molecular weight is 390 g/mol. The number of sulfonamides is 1. The highest BCUT2D eigenvalue weighted by Gasteiger charge is 2.27. The highest BCUT2D eigenvalue weighted by atomic mass is 32.2. The van der Waals surface area contributed by atoms with E-state index in [1.165, 1.54) is 24.5 Å². The molecule has 0 bridgehead atoms. The van der Waals surface area contributed by atoms with Crippen LogP contribution in [0.2, 0.25) is 0 Å². The van der Waals surface area contributed by atoms with Gasteiger partial charge in [0.1, 0.15) is 11.5 Å². The summed E-state index contributed by atoms with van der Waals surface area (Å²) in [5.74, 6) is 1.02. The molecular weight excluding hydrogens is 368 g/mol. The molecule has 0 aromatic heterocycles. The number of hydrogen-bond donors (Lipinski definition) is 0. The van der Waals surface area contributed by atoms with E-state index in [-0.39, 0.29) is 17.4 Å². The van der Waals surface area contributed by atoms with Crippen molar-refractivity contribution in [1.29, 1.82) is 0 Å². The maximum atomic E-state index is 12.6. The minimum atomic E-state index is -3.50. The van der Waals surface area contributed by atoms with Crippen LogP contribution in [0.3, 0.4) is 0 Å². The molecule has 0 unspecified atom stereocenters. The van der Waals surface area contributed by atoms with E-state index in [1.54, 1.807) is 48.4 Å². The largest absolute Gasteiger partial charge is 0.497 e. The van der Waals surface area contributed by atoms with Gasteiger partial charge in [-0.3, -0.25) is 4.79 Å². The Morgan fingerprint density at radius 3 is 2.59 bits per heavy atom. The number of ether oxygens (including phenoxy) is 2. The predicted molar refractivity (Wildman–Crippen MR) is 102 cm³/mol. The fourth-order valence-electron chi connectivity index (χ4n) is 2.92. The molecular formula is C19H22N2O5S. The molecule has 8 heteroatoms. The molecule has 0 aliphatic carbocycles. The molecule has 1 amide bonds. The van der Waals surface area contributed by atoms with E-state index in [9.17, 15) is 13.2 Å². The van der Waals surface area contributed by atoms with Crippen molar-refractivity contribution in [3.8, 4) is 11.5 Å². The first-order valence-corrected chi connectivity index (χ1v) is 9.89. The standard InChI is InChI=1S/C19H22N2O5S/c1-20(2)27(23,24)17-7-8-18-14(11-17)9-10-21(18)19(22)13-26-16-6-4-5-15(12-16)25-3/h4-8,11-12H,9-10,13H2,1-3H3. The second kappa shape index (κ2) is 7.58. The monoisotopic (exact) mass is 390 g/mol. The lowest BCUT2D eigenvalue weighted by atomic mass is 10.2. The number of methoxy groups -OCH3 is 1. The van der Waals surface area contributed by atoms with Gasteiger partial charge in [0.25, 0.3) is 5.91 Å². The molecule has 1 aliphatic rings. The van der Waals surface area contributed by atoms with Crippen LogP contribution >= 0.6 is 0 Å². The number of hydrogen-bond acceptors (Lipinski definition) is 5. The Kier molecular flexibility index (Phi) is 5.38. The molecule has 0 saturated carbocycles. The number of nitrogens with zero attached hydrogens (tertiary/aromatic N) is 2. The van der Waals surface area contributed by atoms with Crippen LogP contribution in [-0.4, -0.2) is 53.0 Å². The minimum Gasteiger partial charge on any atom is -0.497 e. The van der Waals surface area contributed by atoms with Crippen LogP contribution in [0, 0.1) is 0 Å². The lowest BCUT2D eigenvalue weighted by Gasteiger charge is -2.18. The van der Waals surface area contributed by atoms with Gasteiger partial charge < -0.3 is 14.4 Å². The Labute approximate surface area is 159 Å². The molecule has 2 aromatic carbocycles. The Balaban J connectivity index is 1.72. The molecule has 1 heterocycles. The van der Waals surface area contributed by atoms with Gasteiger partial charge in [0.05, 0.1) is 12.0 Å². The maximum absolute atomic E-state index is 12.6. The first-order valence-electron chi connectivity index (χ1n) is 8.45. The van der Waals surface area contributed by atoms with Crippen LogP contribution in [0.25, 0.3) is 0 Å². The van der Waals surface area contributed by atoms with Gasteiger partial charge in [-0.2, -0.15) is 0 Å². The number of anilines is 1. The summed E-state index contributed by atoms with van der Waals surface area (Å²) >= 11 is 0. The summed E-state index contributed by atoms with van der Waals surface area (Å²) in [6, 6.07) is 11.9. The normalized spacial score (nSPS) is 13.6. The van der Waals surface area contributed by atoms with Crippen molar-refractivity contribution < 1.29 is 22.7 Å². The first-order chi connectivity index (χ1) is 12.8. The predicted octanol–water partition coefficient (Wildman–Crippen LogP) is 1.91. The Morgan fingerprint density at radius 2 is 1.89 bits per heavy atom. The quantitative estimate of drug-likeness (QED) is 0.753. The second-order valence-corrected chi connectivity index (χ2v) is 8.49. The molecule has 0 atom stereocenters. The molecule has 2 aromatic rings. The van der Waals surface area contributed by atoms with E-state index in [4.69, 9.17) is 9.47 Å². The van der Waals surface area contributed by atoms with Crippen molar-refractivity contribution in [2.75, 3.05) is 39.3 Å². The molecule has 0 N–H and O–H groups in total. The Hall–Kier alpha value is -2.58. The fraction of sp³-hybridized carbons (Fsp3) is 0.316. The van der Waals surface area contributed by atoms with Crippen molar-refractivity contribution in [1.82, 2.24) is 4.31 Å². The van der Waals surface area contributed by atoms with E-state index in [1.807, 2.05) is 0 Å². The lowest BCUT2D eigenvalue weighted by Crippen LogP contribution is -2.33. The number of carbonyl (C=O) groups is 1. The van der Waals surface area contributed by atoms with E-state index in [0.29, 0.717) is 24.5 Å². The summed E-state index contributed by atoms with van der Waals surface area (Å²) < 4.78 is 36.4. The summed E-state index contributed by atoms with van der Waals surface area (Å²) in [6.07, 6.45) is 0.608. The van der Waals surface area contributed by atoms with Crippen LogP contribution in [0.1, 0.15) is 5.56 Å². The third kappa shape index (κ3) is 3.91. The number of amides is 1. The molecule has 3 rings (SSSR count). The smallest absolute Gasteiger partial charge is 0.264 e. The summed E-state index contributed by atoms with van der Waals surface area (Å²) in [4.78, 5) is 14.4. The summed E-state index contributed by atoms with van der Waals surface area (Å²) in [7, 11) is 1.06. The van der Waals surface area contributed by atoms with Crippen LogP contribution in [0.4, 0.5) is 5.69 Å². The third-order valence-electron chi connectivity index (χ3n) is 4.43. The lowest BCUT2D eigenvalue weighted by molar-refractivity contribution is -0.120. The molecule has 144 valence electrons. The molecule has 0 saturated heterocycles. The van der Waals surface area contributed by atoms with Gasteiger partial charge in [-0.15, -0.1) is 0 Å².